The number of nitrogens with zero attached hydrogens (tertiary/aromatic N) is 1. The molecule has 0 aliphatic heterocycles. The first kappa shape index (κ1) is 16.4. The average Bonchev–Trinajstić information content (AvgIpc) is 2.38. The molecular formula is C14H23BrN2O2. The number of benzene rings is 1. The van der Waals surface area contributed by atoms with Crippen molar-refractivity contribution in [2.24, 2.45) is 0 Å². The van der Waals surface area contributed by atoms with Gasteiger partial charge in [0.2, 0.25) is 0 Å². The quantitative estimate of drug-likeness (QED) is 0.665. The van der Waals surface area contributed by atoms with Gasteiger partial charge in [-0.3, -0.25) is 0 Å². The van der Waals surface area contributed by atoms with E-state index in [1.807, 2.05) is 24.3 Å². The third kappa shape index (κ3) is 8.21. The van der Waals surface area contributed by atoms with Crippen LogP contribution in [-0.2, 0) is 4.74 Å². The van der Waals surface area contributed by atoms with Gasteiger partial charge in [0, 0.05) is 37.8 Å². The predicted octanol–water partition coefficient (Wildman–Crippen LogP) is 2.00. The summed E-state index contributed by atoms with van der Waals surface area (Å²) in [5.41, 5.74) is 0. The number of ether oxygens (including phenoxy) is 2. The standard InChI is InChI=1S/C14H23BrN2O2/c1-17(8-6-16-7-10-18-2)9-11-19-14-5-3-4-13(15)12-14/h3-5,12,16H,6-11H2,1-2H3. The summed E-state index contributed by atoms with van der Waals surface area (Å²) < 4.78 is 11.7. The maximum atomic E-state index is 5.69. The SMILES string of the molecule is COCCNCCN(C)CCOc1cccc(Br)c1. The Labute approximate surface area is 124 Å². The smallest absolute Gasteiger partial charge is 0.120 e. The summed E-state index contributed by atoms with van der Waals surface area (Å²) >= 11 is 3.43. The lowest BCUT2D eigenvalue weighted by Gasteiger charge is -2.17. The van der Waals surface area contributed by atoms with Crippen LogP contribution in [0.2, 0.25) is 0 Å². The van der Waals surface area contributed by atoms with Gasteiger partial charge in [0.1, 0.15) is 12.4 Å². The second-order valence-corrected chi connectivity index (χ2v) is 5.27. The van der Waals surface area contributed by atoms with Crippen molar-refractivity contribution in [3.8, 4) is 5.75 Å². The summed E-state index contributed by atoms with van der Waals surface area (Å²) in [4.78, 5) is 2.25. The summed E-state index contributed by atoms with van der Waals surface area (Å²) in [6.45, 7) is 5.25. The summed E-state index contributed by atoms with van der Waals surface area (Å²) in [7, 11) is 3.81. The minimum Gasteiger partial charge on any atom is -0.492 e. The molecule has 0 radical (unpaired) electrons. The molecular weight excluding hydrogens is 308 g/mol. The maximum absolute atomic E-state index is 5.69. The van der Waals surface area contributed by atoms with E-state index >= 15 is 0 Å². The van der Waals surface area contributed by atoms with Gasteiger partial charge < -0.3 is 19.7 Å². The molecule has 0 bridgehead atoms. The summed E-state index contributed by atoms with van der Waals surface area (Å²) in [5, 5.41) is 3.32. The highest BCUT2D eigenvalue weighted by Gasteiger charge is 1.99. The second kappa shape index (κ2) is 10.2. The minimum absolute atomic E-state index is 0.699. The summed E-state index contributed by atoms with van der Waals surface area (Å²) in [5.74, 6) is 0.904. The van der Waals surface area contributed by atoms with Gasteiger partial charge in [0.05, 0.1) is 6.61 Å². The van der Waals surface area contributed by atoms with Crippen LogP contribution in [0.15, 0.2) is 28.7 Å². The van der Waals surface area contributed by atoms with E-state index < -0.39 is 0 Å². The van der Waals surface area contributed by atoms with E-state index in [1.54, 1.807) is 7.11 Å². The molecule has 0 saturated heterocycles. The topological polar surface area (TPSA) is 33.7 Å². The van der Waals surface area contributed by atoms with Crippen LogP contribution in [0.25, 0.3) is 0 Å². The van der Waals surface area contributed by atoms with E-state index in [0.29, 0.717) is 6.61 Å². The fourth-order valence-corrected chi connectivity index (χ4v) is 1.94. The zero-order chi connectivity index (χ0) is 13.9. The lowest BCUT2D eigenvalue weighted by atomic mass is 10.3. The number of halogens is 1. The molecule has 0 amide bonds. The van der Waals surface area contributed by atoms with Gasteiger partial charge in [0.25, 0.3) is 0 Å². The molecule has 0 fully saturated rings. The Morgan fingerprint density at radius 2 is 2.05 bits per heavy atom. The molecule has 0 aliphatic carbocycles. The molecule has 0 atom stereocenters. The number of rotatable bonds is 10. The first-order chi connectivity index (χ1) is 9.22. The molecule has 5 heteroatoms. The van der Waals surface area contributed by atoms with Crippen LogP contribution in [0.3, 0.4) is 0 Å². The highest BCUT2D eigenvalue weighted by Crippen LogP contribution is 2.17. The van der Waals surface area contributed by atoms with Crippen LogP contribution < -0.4 is 10.1 Å². The number of hydrogen-bond donors (Lipinski definition) is 1. The zero-order valence-electron chi connectivity index (χ0n) is 11.7. The van der Waals surface area contributed by atoms with Crippen molar-refractivity contribution in [2.45, 2.75) is 0 Å². The first-order valence-corrected chi connectivity index (χ1v) is 7.28. The van der Waals surface area contributed by atoms with Crippen LogP contribution >= 0.6 is 15.9 Å². The summed E-state index contributed by atoms with van der Waals surface area (Å²) in [6.07, 6.45) is 0. The lowest BCUT2D eigenvalue weighted by Crippen LogP contribution is -2.33. The third-order valence-electron chi connectivity index (χ3n) is 2.69. The van der Waals surface area contributed by atoms with E-state index in [9.17, 15) is 0 Å². The summed E-state index contributed by atoms with van der Waals surface area (Å²) in [6, 6.07) is 7.91. The number of methoxy groups -OCH3 is 1. The molecule has 0 spiro atoms. The van der Waals surface area contributed by atoms with Gasteiger partial charge in [-0.15, -0.1) is 0 Å². The fraction of sp³-hybridized carbons (Fsp3) is 0.571. The maximum Gasteiger partial charge on any atom is 0.120 e. The fourth-order valence-electron chi connectivity index (χ4n) is 1.56. The van der Waals surface area contributed by atoms with Crippen molar-refractivity contribution < 1.29 is 9.47 Å². The Balaban J connectivity index is 2.05. The van der Waals surface area contributed by atoms with Crippen LogP contribution in [-0.4, -0.2) is 58.5 Å². The Kier molecular flexibility index (Phi) is 8.82. The van der Waals surface area contributed by atoms with Crippen LogP contribution in [0.1, 0.15) is 0 Å². The highest BCUT2D eigenvalue weighted by atomic mass is 79.9. The molecule has 0 aromatic heterocycles. The largest absolute Gasteiger partial charge is 0.492 e. The predicted molar refractivity (Wildman–Crippen MR) is 81.9 cm³/mol. The van der Waals surface area contributed by atoms with Gasteiger partial charge in [0.15, 0.2) is 0 Å². The van der Waals surface area contributed by atoms with Gasteiger partial charge in [-0.25, -0.2) is 0 Å². The second-order valence-electron chi connectivity index (χ2n) is 4.35. The number of hydrogen-bond acceptors (Lipinski definition) is 4. The van der Waals surface area contributed by atoms with E-state index in [1.165, 1.54) is 0 Å². The van der Waals surface area contributed by atoms with Gasteiger partial charge >= 0.3 is 0 Å². The van der Waals surface area contributed by atoms with Crippen LogP contribution in [0.4, 0.5) is 0 Å². The Bertz CT molecular complexity index is 350. The van der Waals surface area contributed by atoms with E-state index in [0.717, 1.165) is 43.0 Å². The molecule has 0 aliphatic rings. The molecule has 0 unspecified atom stereocenters. The highest BCUT2D eigenvalue weighted by molar-refractivity contribution is 9.10. The average molecular weight is 331 g/mol. The van der Waals surface area contributed by atoms with Crippen molar-refractivity contribution in [1.29, 1.82) is 0 Å². The molecule has 1 rings (SSSR count). The van der Waals surface area contributed by atoms with Crippen molar-refractivity contribution in [2.75, 3.05) is 53.6 Å². The van der Waals surface area contributed by atoms with Crippen molar-refractivity contribution in [1.82, 2.24) is 10.2 Å². The molecule has 4 nitrogen and oxygen atoms in total. The van der Waals surface area contributed by atoms with Crippen LogP contribution in [0, 0.1) is 0 Å². The Morgan fingerprint density at radius 3 is 2.79 bits per heavy atom. The normalized spacial score (nSPS) is 10.9. The molecule has 19 heavy (non-hydrogen) atoms. The first-order valence-electron chi connectivity index (χ1n) is 6.49. The van der Waals surface area contributed by atoms with E-state index in [-0.39, 0.29) is 0 Å². The van der Waals surface area contributed by atoms with Crippen molar-refractivity contribution >= 4 is 15.9 Å². The van der Waals surface area contributed by atoms with Crippen LogP contribution in [0.5, 0.6) is 5.75 Å². The minimum atomic E-state index is 0.699. The van der Waals surface area contributed by atoms with Gasteiger partial charge in [-0.2, -0.15) is 0 Å². The molecule has 1 aromatic carbocycles. The molecule has 1 aromatic rings. The Morgan fingerprint density at radius 1 is 1.21 bits per heavy atom. The van der Waals surface area contributed by atoms with E-state index in [2.05, 4.69) is 33.2 Å². The number of likely N-dealkylation sites (N-methyl/N-ethyl adjacent to an activating group) is 1. The zero-order valence-corrected chi connectivity index (χ0v) is 13.3. The lowest BCUT2D eigenvalue weighted by molar-refractivity contribution is 0.196. The third-order valence-corrected chi connectivity index (χ3v) is 3.18. The van der Waals surface area contributed by atoms with E-state index in [4.69, 9.17) is 9.47 Å². The number of nitrogens with one attached hydrogen (secondary N) is 1. The molecule has 0 heterocycles. The van der Waals surface area contributed by atoms with Gasteiger partial charge in [-0.1, -0.05) is 22.0 Å². The van der Waals surface area contributed by atoms with Crippen molar-refractivity contribution in [3.05, 3.63) is 28.7 Å². The van der Waals surface area contributed by atoms with Crippen molar-refractivity contribution in [3.63, 3.8) is 0 Å². The van der Waals surface area contributed by atoms with Gasteiger partial charge in [-0.05, 0) is 25.2 Å². The molecule has 0 saturated carbocycles. The molecule has 108 valence electrons. The Hall–Kier alpha value is -0.620. The monoisotopic (exact) mass is 330 g/mol. The molecule has 1 N–H and O–H groups in total.